The predicted molar refractivity (Wildman–Crippen MR) is 70.0 cm³/mol. The lowest BCUT2D eigenvalue weighted by Crippen LogP contribution is -2.18. The second-order valence-electron chi connectivity index (χ2n) is 4.31. The van der Waals surface area contributed by atoms with Crippen molar-refractivity contribution in [2.24, 2.45) is 0 Å². The van der Waals surface area contributed by atoms with Crippen LogP contribution in [0.1, 0.15) is 28.4 Å². The summed E-state index contributed by atoms with van der Waals surface area (Å²) in [5.41, 5.74) is 0.621. The summed E-state index contributed by atoms with van der Waals surface area (Å²) in [6.45, 7) is 5.19. The van der Waals surface area contributed by atoms with Crippen LogP contribution in [0, 0.1) is 19.7 Å². The molecule has 100 valence electrons. The largest absolute Gasteiger partial charge is 0.462 e. The number of nitrogens with one attached hydrogen (secondary N) is 1. The second-order valence-corrected chi connectivity index (χ2v) is 4.31. The van der Waals surface area contributed by atoms with Crippen molar-refractivity contribution >= 4 is 16.9 Å². The van der Waals surface area contributed by atoms with Gasteiger partial charge in [-0.15, -0.1) is 0 Å². The topological polar surface area (TPSA) is 59.2 Å². The van der Waals surface area contributed by atoms with Gasteiger partial charge in [0.1, 0.15) is 5.56 Å². The first-order chi connectivity index (χ1) is 8.97. The standard InChI is InChI=1S/C14H14FNO3/c1-4-19-14(18)10-6-16-12-9(13(10)17)5-7(2)8(3)11(12)15/h5-6H,4H2,1-3H3,(H,16,17). The number of halogens is 1. The van der Waals surface area contributed by atoms with Crippen LogP contribution in [0.25, 0.3) is 10.9 Å². The van der Waals surface area contributed by atoms with Gasteiger partial charge < -0.3 is 9.72 Å². The van der Waals surface area contributed by atoms with Crippen molar-refractivity contribution in [2.75, 3.05) is 6.61 Å². The molecule has 1 N–H and O–H groups in total. The monoisotopic (exact) mass is 263 g/mol. The summed E-state index contributed by atoms with van der Waals surface area (Å²) in [6, 6.07) is 1.58. The summed E-state index contributed by atoms with van der Waals surface area (Å²) >= 11 is 0. The van der Waals surface area contributed by atoms with Crippen LogP contribution < -0.4 is 5.43 Å². The van der Waals surface area contributed by atoms with Crippen molar-refractivity contribution in [3.05, 3.63) is 45.0 Å². The fourth-order valence-corrected chi connectivity index (χ4v) is 1.91. The minimum Gasteiger partial charge on any atom is -0.462 e. The van der Waals surface area contributed by atoms with E-state index in [0.717, 1.165) is 0 Å². The van der Waals surface area contributed by atoms with Gasteiger partial charge in [0, 0.05) is 11.6 Å². The average Bonchev–Trinajstić information content (AvgIpc) is 2.38. The van der Waals surface area contributed by atoms with E-state index in [1.54, 1.807) is 26.8 Å². The number of fused-ring (bicyclic) bond motifs is 1. The van der Waals surface area contributed by atoms with E-state index < -0.39 is 17.2 Å². The Balaban J connectivity index is 2.76. The third kappa shape index (κ3) is 2.12. The minimum atomic E-state index is -0.704. The van der Waals surface area contributed by atoms with Crippen LogP contribution in [-0.2, 0) is 4.74 Å². The first-order valence-electron chi connectivity index (χ1n) is 5.95. The molecule has 0 atom stereocenters. The fourth-order valence-electron chi connectivity index (χ4n) is 1.91. The van der Waals surface area contributed by atoms with E-state index in [1.807, 2.05) is 0 Å². The summed E-state index contributed by atoms with van der Waals surface area (Å²) in [4.78, 5) is 26.4. The van der Waals surface area contributed by atoms with Crippen molar-refractivity contribution in [3.63, 3.8) is 0 Å². The van der Waals surface area contributed by atoms with Gasteiger partial charge in [0.05, 0.1) is 12.1 Å². The van der Waals surface area contributed by atoms with Crippen molar-refractivity contribution in [1.29, 1.82) is 0 Å². The van der Waals surface area contributed by atoms with Crippen LogP contribution in [0.5, 0.6) is 0 Å². The number of carbonyl (C=O) groups is 1. The van der Waals surface area contributed by atoms with E-state index in [4.69, 9.17) is 4.74 Å². The number of hydrogen-bond donors (Lipinski definition) is 1. The second kappa shape index (κ2) is 4.84. The molecule has 19 heavy (non-hydrogen) atoms. The number of carbonyl (C=O) groups excluding carboxylic acids is 1. The molecule has 5 heteroatoms. The van der Waals surface area contributed by atoms with Crippen molar-refractivity contribution in [2.45, 2.75) is 20.8 Å². The zero-order valence-corrected chi connectivity index (χ0v) is 11.0. The van der Waals surface area contributed by atoms with E-state index in [2.05, 4.69) is 4.98 Å². The predicted octanol–water partition coefficient (Wildman–Crippen LogP) is 2.46. The van der Waals surface area contributed by atoms with Gasteiger partial charge >= 0.3 is 5.97 Å². The van der Waals surface area contributed by atoms with E-state index in [9.17, 15) is 14.0 Å². The highest BCUT2D eigenvalue weighted by molar-refractivity contribution is 5.93. The van der Waals surface area contributed by atoms with Gasteiger partial charge in [-0.1, -0.05) is 0 Å². The molecule has 1 heterocycles. The van der Waals surface area contributed by atoms with Gasteiger partial charge in [0.15, 0.2) is 5.82 Å². The highest BCUT2D eigenvalue weighted by atomic mass is 19.1. The van der Waals surface area contributed by atoms with Crippen LogP contribution in [0.15, 0.2) is 17.1 Å². The van der Waals surface area contributed by atoms with Crippen molar-refractivity contribution in [3.8, 4) is 0 Å². The van der Waals surface area contributed by atoms with Crippen molar-refractivity contribution < 1.29 is 13.9 Å². The normalized spacial score (nSPS) is 10.7. The maximum Gasteiger partial charge on any atom is 0.343 e. The Labute approximate surface area is 109 Å². The lowest BCUT2D eigenvalue weighted by atomic mass is 10.0. The number of esters is 1. The van der Waals surface area contributed by atoms with E-state index in [0.29, 0.717) is 11.1 Å². The number of aromatic nitrogens is 1. The summed E-state index contributed by atoms with van der Waals surface area (Å²) < 4.78 is 18.8. The number of H-pyrrole nitrogens is 1. The van der Waals surface area contributed by atoms with Crippen LogP contribution in [0.4, 0.5) is 4.39 Å². The first-order valence-corrected chi connectivity index (χ1v) is 5.95. The maximum absolute atomic E-state index is 14.0. The van der Waals surface area contributed by atoms with E-state index >= 15 is 0 Å². The fraction of sp³-hybridized carbons (Fsp3) is 0.286. The van der Waals surface area contributed by atoms with Gasteiger partial charge in [0.25, 0.3) is 0 Å². The number of pyridine rings is 1. The Hall–Kier alpha value is -2.17. The summed E-state index contributed by atoms with van der Waals surface area (Å²) in [7, 11) is 0. The molecule has 0 fully saturated rings. The van der Waals surface area contributed by atoms with Crippen LogP contribution in [0.2, 0.25) is 0 Å². The zero-order valence-electron chi connectivity index (χ0n) is 11.0. The maximum atomic E-state index is 14.0. The number of benzene rings is 1. The molecule has 0 saturated heterocycles. The summed E-state index contributed by atoms with van der Waals surface area (Å²) in [5.74, 6) is -1.17. The van der Waals surface area contributed by atoms with Gasteiger partial charge in [-0.25, -0.2) is 9.18 Å². The molecule has 0 radical (unpaired) electrons. The molecule has 0 aliphatic heterocycles. The Morgan fingerprint density at radius 1 is 1.42 bits per heavy atom. The molecule has 0 unspecified atom stereocenters. The van der Waals surface area contributed by atoms with E-state index in [-0.39, 0.29) is 23.1 Å². The third-order valence-electron chi connectivity index (χ3n) is 3.12. The number of aryl methyl sites for hydroxylation is 1. The molecular weight excluding hydrogens is 249 g/mol. The number of aromatic amines is 1. The van der Waals surface area contributed by atoms with Crippen LogP contribution in [-0.4, -0.2) is 17.6 Å². The number of rotatable bonds is 2. The third-order valence-corrected chi connectivity index (χ3v) is 3.12. The molecule has 2 aromatic rings. The number of hydrogen-bond acceptors (Lipinski definition) is 3. The Bertz CT molecular complexity index is 719. The minimum absolute atomic E-state index is 0.112. The highest BCUT2D eigenvalue weighted by Gasteiger charge is 2.17. The average molecular weight is 263 g/mol. The molecule has 0 aliphatic carbocycles. The molecule has 1 aromatic heterocycles. The molecule has 2 rings (SSSR count). The highest BCUT2D eigenvalue weighted by Crippen LogP contribution is 2.20. The van der Waals surface area contributed by atoms with Gasteiger partial charge in [-0.05, 0) is 38.0 Å². The number of ether oxygens (including phenoxy) is 1. The smallest absolute Gasteiger partial charge is 0.343 e. The summed E-state index contributed by atoms with van der Waals surface area (Å²) in [6.07, 6.45) is 1.19. The van der Waals surface area contributed by atoms with E-state index in [1.165, 1.54) is 6.20 Å². The van der Waals surface area contributed by atoms with Crippen LogP contribution >= 0.6 is 0 Å². The Morgan fingerprint density at radius 2 is 2.11 bits per heavy atom. The van der Waals surface area contributed by atoms with Gasteiger partial charge in [-0.2, -0.15) is 0 Å². The lowest BCUT2D eigenvalue weighted by molar-refractivity contribution is 0.0524. The molecule has 1 aromatic carbocycles. The van der Waals surface area contributed by atoms with Crippen LogP contribution in [0.3, 0.4) is 0 Å². The van der Waals surface area contributed by atoms with Gasteiger partial charge in [-0.3, -0.25) is 4.79 Å². The molecular formula is C14H14FNO3. The Kier molecular flexibility index (Phi) is 3.38. The zero-order chi connectivity index (χ0) is 14.2. The molecule has 0 aliphatic rings. The Morgan fingerprint density at radius 3 is 2.74 bits per heavy atom. The SMILES string of the molecule is CCOC(=O)c1c[nH]c2c(F)c(C)c(C)cc2c1=O. The quantitative estimate of drug-likeness (QED) is 0.847. The molecule has 0 saturated carbocycles. The lowest BCUT2D eigenvalue weighted by Gasteiger charge is -2.08. The molecule has 0 bridgehead atoms. The molecule has 0 amide bonds. The first kappa shape index (κ1) is 13.3. The molecule has 0 spiro atoms. The molecule has 4 nitrogen and oxygen atoms in total. The van der Waals surface area contributed by atoms with Gasteiger partial charge in [0.2, 0.25) is 5.43 Å². The van der Waals surface area contributed by atoms with Crippen molar-refractivity contribution in [1.82, 2.24) is 4.98 Å². The summed E-state index contributed by atoms with van der Waals surface area (Å²) in [5, 5.41) is 0.158.